The number of amides is 1. The summed E-state index contributed by atoms with van der Waals surface area (Å²) in [5, 5.41) is 9.56. The SMILES string of the molecule is CC.CCN1CCN(CC=O)CCN(CC=O)CCN(CC=O)C(CC(=O)NC)C1.O=CO. The summed E-state index contributed by atoms with van der Waals surface area (Å²) in [6, 6.07) is -0.0953. The molecule has 1 heterocycles. The smallest absolute Gasteiger partial charge is 0.290 e. The van der Waals surface area contributed by atoms with E-state index in [0.29, 0.717) is 52.2 Å². The van der Waals surface area contributed by atoms with Crippen LogP contribution in [0.25, 0.3) is 0 Å². The van der Waals surface area contributed by atoms with Crippen molar-refractivity contribution in [1.29, 1.82) is 0 Å². The van der Waals surface area contributed by atoms with Crippen LogP contribution in [0, 0.1) is 0 Å². The van der Waals surface area contributed by atoms with Crippen molar-refractivity contribution in [3.63, 3.8) is 0 Å². The highest BCUT2D eigenvalue weighted by Crippen LogP contribution is 2.09. The van der Waals surface area contributed by atoms with Crippen molar-refractivity contribution in [2.45, 2.75) is 33.2 Å². The topological polar surface area (TPSA) is 131 Å². The maximum absolute atomic E-state index is 12.1. The molecule has 11 nitrogen and oxygen atoms in total. The van der Waals surface area contributed by atoms with Crippen molar-refractivity contribution in [2.75, 3.05) is 79.0 Å². The number of hydrogen-bond acceptors (Lipinski definition) is 9. The molecular weight excluding hydrogens is 430 g/mol. The molecule has 1 aliphatic rings. The van der Waals surface area contributed by atoms with Gasteiger partial charge >= 0.3 is 0 Å². The quantitative estimate of drug-likeness (QED) is 0.404. The fourth-order valence-corrected chi connectivity index (χ4v) is 3.46. The van der Waals surface area contributed by atoms with E-state index in [-0.39, 0.29) is 25.0 Å². The monoisotopic (exact) mass is 473 g/mol. The minimum Gasteiger partial charge on any atom is -0.483 e. The Morgan fingerprint density at radius 3 is 1.67 bits per heavy atom. The first-order valence-electron chi connectivity index (χ1n) is 11.5. The van der Waals surface area contributed by atoms with E-state index >= 15 is 0 Å². The summed E-state index contributed by atoms with van der Waals surface area (Å²) in [5.41, 5.74) is 0. The second-order valence-corrected chi connectivity index (χ2v) is 7.13. The van der Waals surface area contributed by atoms with E-state index in [1.165, 1.54) is 0 Å². The fraction of sp³-hybridized carbons (Fsp3) is 0.773. The normalized spacial score (nSPS) is 19.2. The lowest BCUT2D eigenvalue weighted by atomic mass is 10.1. The molecule has 0 aliphatic carbocycles. The van der Waals surface area contributed by atoms with Crippen LogP contribution in [-0.4, -0.2) is 141 Å². The molecule has 192 valence electrons. The van der Waals surface area contributed by atoms with E-state index in [2.05, 4.69) is 22.0 Å². The summed E-state index contributed by atoms with van der Waals surface area (Å²) < 4.78 is 0. The van der Waals surface area contributed by atoms with Crippen LogP contribution in [0.5, 0.6) is 0 Å². The molecule has 0 saturated carbocycles. The number of rotatable bonds is 9. The molecule has 2 N–H and O–H groups in total. The van der Waals surface area contributed by atoms with Crippen LogP contribution in [0.3, 0.4) is 0 Å². The number of nitrogens with zero attached hydrogens (tertiary/aromatic N) is 4. The molecule has 1 rings (SSSR count). The molecule has 0 radical (unpaired) electrons. The summed E-state index contributed by atoms with van der Waals surface area (Å²) in [4.78, 5) is 62.2. The highest BCUT2D eigenvalue weighted by Gasteiger charge is 2.25. The van der Waals surface area contributed by atoms with Crippen LogP contribution < -0.4 is 5.32 Å². The Balaban J connectivity index is 0. The van der Waals surface area contributed by atoms with Crippen molar-refractivity contribution >= 4 is 31.2 Å². The molecule has 0 aromatic rings. The number of nitrogens with one attached hydrogen (secondary N) is 1. The van der Waals surface area contributed by atoms with Gasteiger partial charge < -0.3 is 29.7 Å². The van der Waals surface area contributed by atoms with Crippen LogP contribution in [0.15, 0.2) is 0 Å². The molecule has 0 aromatic heterocycles. The Labute approximate surface area is 198 Å². The highest BCUT2D eigenvalue weighted by molar-refractivity contribution is 5.76. The molecule has 0 aromatic carbocycles. The van der Waals surface area contributed by atoms with Gasteiger partial charge in [-0.15, -0.1) is 0 Å². The molecule has 1 unspecified atom stereocenters. The third-order valence-corrected chi connectivity index (χ3v) is 5.28. The second kappa shape index (κ2) is 23.0. The van der Waals surface area contributed by atoms with Gasteiger partial charge in [-0.05, 0) is 6.54 Å². The van der Waals surface area contributed by atoms with Crippen molar-refractivity contribution in [2.24, 2.45) is 0 Å². The zero-order chi connectivity index (χ0) is 25.5. The van der Waals surface area contributed by atoms with Crippen molar-refractivity contribution < 1.29 is 29.1 Å². The number of hydrogen-bond donors (Lipinski definition) is 2. The minimum atomic E-state index is -0.250. The fourth-order valence-electron chi connectivity index (χ4n) is 3.46. The number of carbonyl (C=O) groups is 5. The molecular formula is C22H43N5O6. The minimum absolute atomic E-state index is 0.0589. The van der Waals surface area contributed by atoms with E-state index < -0.39 is 0 Å². The van der Waals surface area contributed by atoms with Gasteiger partial charge in [0.1, 0.15) is 18.9 Å². The van der Waals surface area contributed by atoms with E-state index in [1.54, 1.807) is 7.05 Å². The zero-order valence-electron chi connectivity index (χ0n) is 20.6. The number of aldehydes is 3. The van der Waals surface area contributed by atoms with E-state index in [1.807, 2.05) is 23.6 Å². The largest absolute Gasteiger partial charge is 0.483 e. The van der Waals surface area contributed by atoms with E-state index in [9.17, 15) is 19.2 Å². The molecule has 1 saturated heterocycles. The summed E-state index contributed by atoms with van der Waals surface area (Å²) in [6.45, 7) is 12.4. The molecule has 11 heteroatoms. The van der Waals surface area contributed by atoms with Gasteiger partial charge in [-0.2, -0.15) is 0 Å². The van der Waals surface area contributed by atoms with Crippen molar-refractivity contribution in [3.05, 3.63) is 0 Å². The Kier molecular flexibility index (Phi) is 22.9. The van der Waals surface area contributed by atoms with Crippen LogP contribution in [-0.2, 0) is 24.0 Å². The number of carboxylic acid groups (broad SMARTS) is 1. The lowest BCUT2D eigenvalue weighted by molar-refractivity contribution is -0.123. The predicted molar refractivity (Wildman–Crippen MR) is 127 cm³/mol. The standard InChI is InChI=1S/C19H35N5O4.C2H6.CH2O2/c1-3-21-4-5-22(10-13-25)6-7-23(11-14-26)8-9-24(12-15-27)18(17-21)16-19(28)20-2;1-2;2-1-3/h13-15,18H,3-12,16-17H2,1-2H3,(H,20,28);1-2H3;1H,(H,2,3). The first-order chi connectivity index (χ1) is 16.0. The highest BCUT2D eigenvalue weighted by atomic mass is 16.3. The predicted octanol–water partition coefficient (Wildman–Crippen LogP) is -0.944. The molecule has 0 bridgehead atoms. The third-order valence-electron chi connectivity index (χ3n) is 5.28. The van der Waals surface area contributed by atoms with Gasteiger partial charge in [0.15, 0.2) is 0 Å². The van der Waals surface area contributed by atoms with Gasteiger partial charge in [0.2, 0.25) is 5.91 Å². The summed E-state index contributed by atoms with van der Waals surface area (Å²) in [5.74, 6) is -0.0589. The first kappa shape index (κ1) is 33.0. The lowest BCUT2D eigenvalue weighted by Crippen LogP contribution is -2.52. The molecule has 1 atom stereocenters. The lowest BCUT2D eigenvalue weighted by Gasteiger charge is -2.37. The Bertz CT molecular complexity index is 537. The number of carbonyl (C=O) groups excluding carboxylic acids is 4. The van der Waals surface area contributed by atoms with Gasteiger partial charge in [-0.1, -0.05) is 20.8 Å². The zero-order valence-corrected chi connectivity index (χ0v) is 20.6. The Morgan fingerprint density at radius 2 is 1.27 bits per heavy atom. The molecule has 1 aliphatic heterocycles. The van der Waals surface area contributed by atoms with E-state index in [4.69, 9.17) is 9.90 Å². The van der Waals surface area contributed by atoms with Gasteiger partial charge in [0.05, 0.1) is 19.6 Å². The van der Waals surface area contributed by atoms with Crippen LogP contribution in [0.4, 0.5) is 0 Å². The Hall–Kier alpha value is -2.21. The van der Waals surface area contributed by atoms with Crippen molar-refractivity contribution in [1.82, 2.24) is 24.9 Å². The van der Waals surface area contributed by atoms with Gasteiger partial charge in [-0.3, -0.25) is 24.3 Å². The molecule has 1 amide bonds. The summed E-state index contributed by atoms with van der Waals surface area (Å²) in [6.07, 6.45) is 2.97. The molecule has 1 fully saturated rings. The van der Waals surface area contributed by atoms with E-state index in [0.717, 1.165) is 38.5 Å². The average Bonchev–Trinajstić information content (AvgIpc) is 2.82. The number of likely N-dealkylation sites (N-methyl/N-ethyl adjacent to an activating group) is 1. The second-order valence-electron chi connectivity index (χ2n) is 7.13. The average molecular weight is 474 g/mol. The summed E-state index contributed by atoms with van der Waals surface area (Å²) in [7, 11) is 1.61. The maximum atomic E-state index is 12.1. The Morgan fingerprint density at radius 1 is 0.848 bits per heavy atom. The van der Waals surface area contributed by atoms with Gasteiger partial charge in [0, 0.05) is 65.3 Å². The molecule has 0 spiro atoms. The van der Waals surface area contributed by atoms with Crippen molar-refractivity contribution in [3.8, 4) is 0 Å². The van der Waals surface area contributed by atoms with Gasteiger partial charge in [-0.25, -0.2) is 0 Å². The maximum Gasteiger partial charge on any atom is 0.290 e. The first-order valence-corrected chi connectivity index (χ1v) is 11.5. The van der Waals surface area contributed by atoms with Crippen LogP contribution >= 0.6 is 0 Å². The summed E-state index contributed by atoms with van der Waals surface area (Å²) >= 11 is 0. The van der Waals surface area contributed by atoms with Crippen LogP contribution in [0.1, 0.15) is 27.2 Å². The third kappa shape index (κ3) is 16.1. The molecule has 33 heavy (non-hydrogen) atoms. The van der Waals surface area contributed by atoms with Gasteiger partial charge in [0.25, 0.3) is 6.47 Å². The van der Waals surface area contributed by atoms with Crippen LogP contribution in [0.2, 0.25) is 0 Å².